The fraction of sp³-hybridized carbons (Fsp3) is 0.692. The molecular weight excluding hydrogens is 200 g/mol. The van der Waals surface area contributed by atoms with Crippen LogP contribution in [-0.4, -0.2) is 31.6 Å². The lowest BCUT2D eigenvalue weighted by Gasteiger charge is -2.35. The minimum absolute atomic E-state index is 0.257. The van der Waals surface area contributed by atoms with Crippen LogP contribution in [0.15, 0.2) is 23.0 Å². The van der Waals surface area contributed by atoms with E-state index >= 15 is 0 Å². The molecule has 0 amide bonds. The third kappa shape index (κ3) is 3.65. The maximum absolute atomic E-state index is 5.08. The van der Waals surface area contributed by atoms with Gasteiger partial charge in [0.05, 0.1) is 12.5 Å². The van der Waals surface area contributed by atoms with E-state index in [1.807, 2.05) is 19.4 Å². The Labute approximate surface area is 98.8 Å². The molecule has 0 aromatic carbocycles. The largest absolute Gasteiger partial charge is 0.472 e. The van der Waals surface area contributed by atoms with Crippen LogP contribution >= 0.6 is 0 Å². The van der Waals surface area contributed by atoms with Gasteiger partial charge in [-0.25, -0.2) is 0 Å². The summed E-state index contributed by atoms with van der Waals surface area (Å²) < 4.78 is 5.08. The highest BCUT2D eigenvalue weighted by Crippen LogP contribution is 2.22. The topological polar surface area (TPSA) is 28.4 Å². The molecule has 0 saturated heterocycles. The van der Waals surface area contributed by atoms with Gasteiger partial charge in [-0.15, -0.1) is 0 Å². The van der Waals surface area contributed by atoms with E-state index < -0.39 is 0 Å². The second-order valence-electron chi connectivity index (χ2n) is 5.30. The molecule has 0 aliphatic heterocycles. The molecular formula is C13H24N2O. The number of hydrogen-bond donors (Lipinski definition) is 1. The zero-order valence-corrected chi connectivity index (χ0v) is 11.1. The molecule has 0 saturated carbocycles. The molecule has 0 spiro atoms. The van der Waals surface area contributed by atoms with Gasteiger partial charge in [0.15, 0.2) is 0 Å². The van der Waals surface area contributed by atoms with Gasteiger partial charge >= 0.3 is 0 Å². The van der Waals surface area contributed by atoms with Crippen molar-refractivity contribution in [2.75, 3.05) is 20.6 Å². The van der Waals surface area contributed by atoms with Crippen LogP contribution < -0.4 is 5.32 Å². The summed E-state index contributed by atoms with van der Waals surface area (Å²) in [5.74, 6) is 0. The normalized spacial score (nSPS) is 14.4. The number of furan rings is 1. The third-order valence-electron chi connectivity index (χ3n) is 3.32. The number of nitrogens with one attached hydrogen (secondary N) is 1. The second-order valence-corrected chi connectivity index (χ2v) is 5.30. The van der Waals surface area contributed by atoms with E-state index in [4.69, 9.17) is 4.42 Å². The SMILES string of the molecule is CNC(C)C(C)(C)CN(C)Cc1ccoc1. The van der Waals surface area contributed by atoms with Crippen molar-refractivity contribution in [2.24, 2.45) is 5.41 Å². The van der Waals surface area contributed by atoms with Crippen molar-refractivity contribution in [3.8, 4) is 0 Å². The fourth-order valence-electron chi connectivity index (χ4n) is 1.97. The third-order valence-corrected chi connectivity index (χ3v) is 3.32. The van der Waals surface area contributed by atoms with Gasteiger partial charge < -0.3 is 14.6 Å². The first kappa shape index (κ1) is 13.3. The minimum atomic E-state index is 0.257. The molecule has 0 fully saturated rings. The van der Waals surface area contributed by atoms with Crippen molar-refractivity contribution in [2.45, 2.75) is 33.4 Å². The van der Waals surface area contributed by atoms with Crippen LogP contribution in [0.25, 0.3) is 0 Å². The Bertz CT molecular complexity index is 293. The lowest BCUT2D eigenvalue weighted by Crippen LogP contribution is -2.44. The van der Waals surface area contributed by atoms with Gasteiger partial charge in [-0.3, -0.25) is 0 Å². The van der Waals surface area contributed by atoms with Gasteiger partial charge in [-0.05, 0) is 32.5 Å². The summed E-state index contributed by atoms with van der Waals surface area (Å²) >= 11 is 0. The minimum Gasteiger partial charge on any atom is -0.472 e. The zero-order chi connectivity index (χ0) is 12.2. The molecule has 0 bridgehead atoms. The molecule has 16 heavy (non-hydrogen) atoms. The van der Waals surface area contributed by atoms with Gasteiger partial charge in [0.1, 0.15) is 0 Å². The van der Waals surface area contributed by atoms with E-state index in [0.717, 1.165) is 13.1 Å². The van der Waals surface area contributed by atoms with E-state index in [0.29, 0.717) is 6.04 Å². The zero-order valence-electron chi connectivity index (χ0n) is 11.1. The Morgan fingerprint density at radius 1 is 1.50 bits per heavy atom. The van der Waals surface area contributed by atoms with Gasteiger partial charge in [0.25, 0.3) is 0 Å². The van der Waals surface area contributed by atoms with Crippen LogP contribution in [0.5, 0.6) is 0 Å². The molecule has 3 heteroatoms. The Hall–Kier alpha value is -0.800. The summed E-state index contributed by atoms with van der Waals surface area (Å²) in [4.78, 5) is 2.33. The lowest BCUT2D eigenvalue weighted by molar-refractivity contribution is 0.164. The summed E-state index contributed by atoms with van der Waals surface area (Å²) in [7, 11) is 4.17. The number of hydrogen-bond acceptors (Lipinski definition) is 3. The van der Waals surface area contributed by atoms with Crippen LogP contribution in [0.4, 0.5) is 0 Å². The van der Waals surface area contributed by atoms with E-state index in [2.05, 4.69) is 38.0 Å². The maximum Gasteiger partial charge on any atom is 0.0947 e. The molecule has 1 heterocycles. The highest BCUT2D eigenvalue weighted by molar-refractivity contribution is 5.04. The van der Waals surface area contributed by atoms with Crippen molar-refractivity contribution in [3.05, 3.63) is 24.2 Å². The van der Waals surface area contributed by atoms with Crippen molar-refractivity contribution in [1.29, 1.82) is 0 Å². The molecule has 1 aromatic rings. The highest BCUT2D eigenvalue weighted by Gasteiger charge is 2.26. The Morgan fingerprint density at radius 3 is 2.69 bits per heavy atom. The van der Waals surface area contributed by atoms with Crippen molar-refractivity contribution < 1.29 is 4.42 Å². The highest BCUT2D eigenvalue weighted by atomic mass is 16.3. The average Bonchev–Trinajstić information content (AvgIpc) is 2.67. The van der Waals surface area contributed by atoms with Gasteiger partial charge in [-0.2, -0.15) is 0 Å². The molecule has 0 aliphatic rings. The fourth-order valence-corrected chi connectivity index (χ4v) is 1.97. The molecule has 1 N–H and O–H groups in total. The first-order valence-corrected chi connectivity index (χ1v) is 5.82. The summed E-state index contributed by atoms with van der Waals surface area (Å²) in [6.45, 7) is 8.81. The summed E-state index contributed by atoms with van der Waals surface area (Å²) in [6.07, 6.45) is 3.54. The smallest absolute Gasteiger partial charge is 0.0947 e. The molecule has 1 aromatic heterocycles. The van der Waals surface area contributed by atoms with E-state index in [-0.39, 0.29) is 5.41 Å². The van der Waals surface area contributed by atoms with E-state index in [1.54, 1.807) is 6.26 Å². The number of rotatable bonds is 6. The van der Waals surface area contributed by atoms with Crippen LogP contribution in [0, 0.1) is 5.41 Å². The lowest BCUT2D eigenvalue weighted by atomic mass is 9.85. The van der Waals surface area contributed by atoms with E-state index in [1.165, 1.54) is 5.56 Å². The van der Waals surface area contributed by atoms with Gasteiger partial charge in [0.2, 0.25) is 0 Å². The Kier molecular flexibility index (Phi) is 4.56. The quantitative estimate of drug-likeness (QED) is 0.804. The number of nitrogens with zero attached hydrogens (tertiary/aromatic N) is 1. The average molecular weight is 224 g/mol. The molecule has 0 aliphatic carbocycles. The van der Waals surface area contributed by atoms with Crippen molar-refractivity contribution in [3.63, 3.8) is 0 Å². The van der Waals surface area contributed by atoms with E-state index in [9.17, 15) is 0 Å². The monoisotopic (exact) mass is 224 g/mol. The van der Waals surface area contributed by atoms with Crippen LogP contribution in [0.2, 0.25) is 0 Å². The summed E-state index contributed by atoms with van der Waals surface area (Å²) in [5.41, 5.74) is 1.49. The van der Waals surface area contributed by atoms with Crippen LogP contribution in [0.3, 0.4) is 0 Å². The molecule has 0 radical (unpaired) electrons. The van der Waals surface area contributed by atoms with Crippen LogP contribution in [0.1, 0.15) is 26.3 Å². The predicted octanol–water partition coefficient (Wildman–Crippen LogP) is 2.35. The van der Waals surface area contributed by atoms with Gasteiger partial charge in [0, 0.05) is 24.7 Å². The second kappa shape index (κ2) is 5.51. The Balaban J connectivity index is 2.47. The molecule has 3 nitrogen and oxygen atoms in total. The molecule has 92 valence electrons. The summed E-state index contributed by atoms with van der Waals surface area (Å²) in [6, 6.07) is 2.52. The Morgan fingerprint density at radius 2 is 2.19 bits per heavy atom. The first-order chi connectivity index (χ1) is 7.45. The molecule has 1 atom stereocenters. The summed E-state index contributed by atoms with van der Waals surface area (Å²) in [5, 5.41) is 3.32. The standard InChI is InChI=1S/C13H24N2O/c1-11(14-4)13(2,3)10-15(5)8-12-6-7-16-9-12/h6-7,9,11,14H,8,10H2,1-5H3. The van der Waals surface area contributed by atoms with Crippen molar-refractivity contribution >= 4 is 0 Å². The van der Waals surface area contributed by atoms with Gasteiger partial charge in [-0.1, -0.05) is 13.8 Å². The maximum atomic E-state index is 5.08. The first-order valence-electron chi connectivity index (χ1n) is 5.82. The predicted molar refractivity (Wildman–Crippen MR) is 67.3 cm³/mol. The molecule has 1 rings (SSSR count). The van der Waals surface area contributed by atoms with Crippen molar-refractivity contribution in [1.82, 2.24) is 10.2 Å². The van der Waals surface area contributed by atoms with Crippen LogP contribution in [-0.2, 0) is 6.54 Å². The molecule has 1 unspecified atom stereocenters.